The SMILES string of the molecule is CC(Nc1ccc(N)cc1)c1ncn[nH]1. The summed E-state index contributed by atoms with van der Waals surface area (Å²) in [4.78, 5) is 4.08. The van der Waals surface area contributed by atoms with Crippen LogP contribution in [-0.4, -0.2) is 15.2 Å². The summed E-state index contributed by atoms with van der Waals surface area (Å²) < 4.78 is 0. The second kappa shape index (κ2) is 4.00. The van der Waals surface area contributed by atoms with E-state index >= 15 is 0 Å². The molecule has 78 valence electrons. The minimum atomic E-state index is 0.0936. The number of hydrogen-bond acceptors (Lipinski definition) is 4. The van der Waals surface area contributed by atoms with E-state index in [-0.39, 0.29) is 6.04 Å². The Morgan fingerprint density at radius 1 is 1.33 bits per heavy atom. The van der Waals surface area contributed by atoms with Gasteiger partial charge in [-0.15, -0.1) is 0 Å². The van der Waals surface area contributed by atoms with Crippen molar-refractivity contribution in [2.75, 3.05) is 11.1 Å². The van der Waals surface area contributed by atoms with Crippen molar-refractivity contribution in [1.82, 2.24) is 15.2 Å². The van der Waals surface area contributed by atoms with E-state index in [9.17, 15) is 0 Å². The lowest BCUT2D eigenvalue weighted by molar-refractivity contribution is 0.796. The second-order valence-electron chi connectivity index (χ2n) is 3.36. The molecule has 1 unspecified atom stereocenters. The molecule has 0 spiro atoms. The summed E-state index contributed by atoms with van der Waals surface area (Å²) in [6, 6.07) is 7.67. The summed E-state index contributed by atoms with van der Waals surface area (Å²) >= 11 is 0. The monoisotopic (exact) mass is 203 g/mol. The molecule has 15 heavy (non-hydrogen) atoms. The molecule has 0 aliphatic heterocycles. The highest BCUT2D eigenvalue weighted by molar-refractivity contribution is 5.51. The zero-order chi connectivity index (χ0) is 10.7. The number of H-pyrrole nitrogens is 1. The summed E-state index contributed by atoms with van der Waals surface area (Å²) in [7, 11) is 0. The van der Waals surface area contributed by atoms with Gasteiger partial charge in [0.05, 0.1) is 6.04 Å². The third-order valence-corrected chi connectivity index (χ3v) is 2.14. The Labute approximate surface area is 87.7 Å². The van der Waals surface area contributed by atoms with Crippen molar-refractivity contribution in [3.05, 3.63) is 36.4 Å². The van der Waals surface area contributed by atoms with Crippen LogP contribution >= 0.6 is 0 Å². The maximum atomic E-state index is 5.60. The molecule has 2 rings (SSSR count). The number of nitrogens with one attached hydrogen (secondary N) is 2. The van der Waals surface area contributed by atoms with E-state index in [1.807, 2.05) is 31.2 Å². The molecule has 5 heteroatoms. The van der Waals surface area contributed by atoms with Crippen molar-refractivity contribution in [2.45, 2.75) is 13.0 Å². The Morgan fingerprint density at radius 2 is 2.07 bits per heavy atom. The van der Waals surface area contributed by atoms with Gasteiger partial charge in [0.15, 0.2) is 0 Å². The average Bonchev–Trinajstić information content (AvgIpc) is 2.74. The summed E-state index contributed by atoms with van der Waals surface area (Å²) in [5.41, 5.74) is 7.36. The molecule has 1 atom stereocenters. The van der Waals surface area contributed by atoms with Crippen molar-refractivity contribution >= 4 is 11.4 Å². The fourth-order valence-corrected chi connectivity index (χ4v) is 1.32. The number of hydrogen-bond donors (Lipinski definition) is 3. The van der Waals surface area contributed by atoms with Gasteiger partial charge < -0.3 is 11.1 Å². The van der Waals surface area contributed by atoms with Crippen LogP contribution in [0.2, 0.25) is 0 Å². The molecule has 0 saturated carbocycles. The number of aromatic amines is 1. The molecule has 5 nitrogen and oxygen atoms in total. The molecule has 2 aromatic rings. The number of anilines is 2. The van der Waals surface area contributed by atoms with Gasteiger partial charge in [-0.25, -0.2) is 4.98 Å². The molecule has 0 saturated heterocycles. The predicted octanol–water partition coefficient (Wildman–Crippen LogP) is 1.56. The maximum Gasteiger partial charge on any atom is 0.146 e. The molecule has 0 amide bonds. The minimum absolute atomic E-state index is 0.0936. The molecule has 4 N–H and O–H groups in total. The van der Waals surface area contributed by atoms with Gasteiger partial charge in [-0.1, -0.05) is 0 Å². The summed E-state index contributed by atoms with van der Waals surface area (Å²) in [5, 5.41) is 9.91. The van der Waals surface area contributed by atoms with Crippen LogP contribution in [0.15, 0.2) is 30.6 Å². The maximum absolute atomic E-state index is 5.60. The summed E-state index contributed by atoms with van der Waals surface area (Å²) in [5.74, 6) is 0.812. The first-order valence-corrected chi connectivity index (χ1v) is 4.73. The highest BCUT2D eigenvalue weighted by atomic mass is 15.2. The van der Waals surface area contributed by atoms with Crippen molar-refractivity contribution in [1.29, 1.82) is 0 Å². The van der Waals surface area contributed by atoms with E-state index in [2.05, 4.69) is 20.5 Å². The number of nitrogen functional groups attached to an aromatic ring is 1. The Balaban J connectivity index is 2.06. The minimum Gasteiger partial charge on any atom is -0.399 e. The van der Waals surface area contributed by atoms with Crippen LogP contribution in [0.4, 0.5) is 11.4 Å². The number of benzene rings is 1. The van der Waals surface area contributed by atoms with Crippen LogP contribution in [0.1, 0.15) is 18.8 Å². The van der Waals surface area contributed by atoms with Crippen molar-refractivity contribution in [3.8, 4) is 0 Å². The number of aromatic nitrogens is 3. The molecular weight excluding hydrogens is 190 g/mol. The molecule has 0 aliphatic rings. The Hall–Kier alpha value is -2.04. The summed E-state index contributed by atoms with van der Waals surface area (Å²) in [6.07, 6.45) is 1.50. The molecule has 0 bridgehead atoms. The van der Waals surface area contributed by atoms with E-state index in [0.717, 1.165) is 17.2 Å². The lowest BCUT2D eigenvalue weighted by atomic mass is 10.2. The van der Waals surface area contributed by atoms with E-state index < -0.39 is 0 Å². The standard InChI is InChI=1S/C10H13N5/c1-7(10-12-6-13-15-10)14-9-4-2-8(11)3-5-9/h2-7,14H,11H2,1H3,(H,12,13,15). The third kappa shape index (κ3) is 2.25. The van der Waals surface area contributed by atoms with Gasteiger partial charge in [-0.3, -0.25) is 5.10 Å². The quantitative estimate of drug-likeness (QED) is 0.661. The van der Waals surface area contributed by atoms with Crippen LogP contribution < -0.4 is 11.1 Å². The predicted molar refractivity (Wildman–Crippen MR) is 59.3 cm³/mol. The Morgan fingerprint density at radius 3 is 2.67 bits per heavy atom. The average molecular weight is 203 g/mol. The van der Waals surface area contributed by atoms with Crippen LogP contribution in [0.5, 0.6) is 0 Å². The van der Waals surface area contributed by atoms with Crippen LogP contribution in [-0.2, 0) is 0 Å². The highest BCUT2D eigenvalue weighted by Crippen LogP contribution is 2.16. The molecule has 1 aromatic heterocycles. The second-order valence-corrected chi connectivity index (χ2v) is 3.36. The molecule has 0 radical (unpaired) electrons. The van der Waals surface area contributed by atoms with Crippen molar-refractivity contribution in [2.24, 2.45) is 0 Å². The van der Waals surface area contributed by atoms with Gasteiger partial charge in [-0.05, 0) is 31.2 Å². The lowest BCUT2D eigenvalue weighted by Crippen LogP contribution is -2.08. The van der Waals surface area contributed by atoms with Gasteiger partial charge in [-0.2, -0.15) is 5.10 Å². The third-order valence-electron chi connectivity index (χ3n) is 2.14. The van der Waals surface area contributed by atoms with E-state index in [4.69, 9.17) is 5.73 Å². The topological polar surface area (TPSA) is 79.6 Å². The first-order valence-electron chi connectivity index (χ1n) is 4.73. The van der Waals surface area contributed by atoms with Gasteiger partial charge in [0.25, 0.3) is 0 Å². The van der Waals surface area contributed by atoms with E-state index in [1.165, 1.54) is 6.33 Å². The first kappa shape index (κ1) is 9.51. The fourth-order valence-electron chi connectivity index (χ4n) is 1.32. The molecule has 0 aliphatic carbocycles. The van der Waals surface area contributed by atoms with Gasteiger partial charge in [0.2, 0.25) is 0 Å². The Bertz CT molecular complexity index is 406. The summed E-state index contributed by atoms with van der Waals surface area (Å²) in [6.45, 7) is 2.01. The van der Waals surface area contributed by atoms with Gasteiger partial charge in [0.1, 0.15) is 12.2 Å². The molecule has 0 fully saturated rings. The molecule has 1 aromatic carbocycles. The zero-order valence-electron chi connectivity index (χ0n) is 8.44. The molecular formula is C10H13N5. The van der Waals surface area contributed by atoms with Crippen molar-refractivity contribution in [3.63, 3.8) is 0 Å². The highest BCUT2D eigenvalue weighted by Gasteiger charge is 2.07. The first-order chi connectivity index (χ1) is 7.25. The van der Waals surface area contributed by atoms with Crippen LogP contribution in [0, 0.1) is 0 Å². The van der Waals surface area contributed by atoms with Crippen LogP contribution in [0.25, 0.3) is 0 Å². The van der Waals surface area contributed by atoms with Crippen molar-refractivity contribution < 1.29 is 0 Å². The Kier molecular flexibility index (Phi) is 2.53. The number of rotatable bonds is 3. The lowest BCUT2D eigenvalue weighted by Gasteiger charge is -2.12. The van der Waals surface area contributed by atoms with Gasteiger partial charge >= 0.3 is 0 Å². The van der Waals surface area contributed by atoms with E-state index in [1.54, 1.807) is 0 Å². The fraction of sp³-hybridized carbons (Fsp3) is 0.200. The number of nitrogens with zero attached hydrogens (tertiary/aromatic N) is 2. The zero-order valence-corrected chi connectivity index (χ0v) is 8.44. The largest absolute Gasteiger partial charge is 0.399 e. The number of nitrogens with two attached hydrogens (primary N) is 1. The normalized spacial score (nSPS) is 12.3. The van der Waals surface area contributed by atoms with E-state index in [0.29, 0.717) is 0 Å². The van der Waals surface area contributed by atoms with Crippen LogP contribution in [0.3, 0.4) is 0 Å². The smallest absolute Gasteiger partial charge is 0.146 e. The van der Waals surface area contributed by atoms with Gasteiger partial charge in [0, 0.05) is 11.4 Å². The molecule has 1 heterocycles.